The van der Waals surface area contributed by atoms with Crippen LogP contribution in [0.15, 0.2) is 35.2 Å². The summed E-state index contributed by atoms with van der Waals surface area (Å²) in [5.41, 5.74) is 1.28. The predicted octanol–water partition coefficient (Wildman–Crippen LogP) is 0.999. The lowest BCUT2D eigenvalue weighted by Gasteiger charge is -2.06. The second-order valence-electron chi connectivity index (χ2n) is 3.54. The Kier molecular flexibility index (Phi) is 4.03. The van der Waals surface area contributed by atoms with E-state index in [1.807, 2.05) is 0 Å². The summed E-state index contributed by atoms with van der Waals surface area (Å²) in [6.45, 7) is 0.308. The van der Waals surface area contributed by atoms with Crippen LogP contribution in [0.25, 0.3) is 11.5 Å². The number of aromatic nitrogens is 2. The third-order valence-electron chi connectivity index (χ3n) is 2.26. The first-order valence-electron chi connectivity index (χ1n) is 5.40. The van der Waals surface area contributed by atoms with Crippen LogP contribution in [0, 0.1) is 0 Å². The number of amides is 1. The number of nitrogens with zero attached hydrogens (tertiary/aromatic N) is 2. The van der Waals surface area contributed by atoms with Crippen molar-refractivity contribution < 1.29 is 13.9 Å². The van der Waals surface area contributed by atoms with Gasteiger partial charge in [0.2, 0.25) is 5.91 Å². The smallest absolute Gasteiger partial charge is 0.246 e. The van der Waals surface area contributed by atoms with E-state index in [0.717, 1.165) is 0 Å². The maximum Gasteiger partial charge on any atom is 0.246 e. The van der Waals surface area contributed by atoms with Gasteiger partial charge in [-0.25, -0.2) is 4.98 Å². The Morgan fingerprint density at radius 1 is 1.44 bits per heavy atom. The lowest BCUT2D eigenvalue weighted by atomic mass is 10.2. The highest BCUT2D eigenvalue weighted by Crippen LogP contribution is 2.19. The van der Waals surface area contributed by atoms with Crippen molar-refractivity contribution in [3.8, 4) is 11.5 Å². The Bertz CT molecular complexity index is 511. The fraction of sp³-hybridized carbons (Fsp3) is 0.250. The van der Waals surface area contributed by atoms with Gasteiger partial charge in [-0.1, -0.05) is 0 Å². The standard InChI is InChI=1S/C12H13N3O3/c1-17-8-11(16)15-7-9-12(14-5-4-13-9)10-3-2-6-18-10/h2-6H,7-8H2,1H3,(H,15,16). The summed E-state index contributed by atoms with van der Waals surface area (Å²) in [7, 11) is 1.47. The molecule has 0 radical (unpaired) electrons. The van der Waals surface area contributed by atoms with Crippen LogP contribution in [-0.2, 0) is 16.1 Å². The van der Waals surface area contributed by atoms with Crippen molar-refractivity contribution >= 4 is 5.91 Å². The van der Waals surface area contributed by atoms with Crippen molar-refractivity contribution in [2.75, 3.05) is 13.7 Å². The Balaban J connectivity index is 2.11. The molecule has 0 saturated heterocycles. The molecule has 0 aliphatic rings. The van der Waals surface area contributed by atoms with E-state index in [9.17, 15) is 4.79 Å². The topological polar surface area (TPSA) is 77.2 Å². The monoisotopic (exact) mass is 247 g/mol. The van der Waals surface area contributed by atoms with Crippen LogP contribution in [0.4, 0.5) is 0 Å². The van der Waals surface area contributed by atoms with Gasteiger partial charge in [-0.3, -0.25) is 9.78 Å². The molecule has 2 rings (SSSR count). The average Bonchev–Trinajstić information content (AvgIpc) is 2.91. The van der Waals surface area contributed by atoms with Crippen LogP contribution in [0.2, 0.25) is 0 Å². The molecule has 0 bridgehead atoms. The first kappa shape index (κ1) is 12.3. The lowest BCUT2D eigenvalue weighted by Crippen LogP contribution is -2.27. The lowest BCUT2D eigenvalue weighted by molar-refractivity contribution is -0.124. The minimum atomic E-state index is -0.200. The molecule has 1 N–H and O–H groups in total. The second-order valence-corrected chi connectivity index (χ2v) is 3.54. The van der Waals surface area contributed by atoms with Crippen LogP contribution in [-0.4, -0.2) is 29.6 Å². The summed E-state index contributed by atoms with van der Waals surface area (Å²) in [5, 5.41) is 2.69. The Hall–Kier alpha value is -2.21. The predicted molar refractivity (Wildman–Crippen MR) is 63.5 cm³/mol. The van der Waals surface area contributed by atoms with Crippen molar-refractivity contribution in [2.45, 2.75) is 6.54 Å². The van der Waals surface area contributed by atoms with Crippen LogP contribution in [0.1, 0.15) is 5.69 Å². The largest absolute Gasteiger partial charge is 0.463 e. The van der Waals surface area contributed by atoms with Crippen molar-refractivity contribution in [3.63, 3.8) is 0 Å². The number of rotatable bonds is 5. The number of hydrogen-bond acceptors (Lipinski definition) is 5. The zero-order chi connectivity index (χ0) is 12.8. The number of ether oxygens (including phenoxy) is 1. The quantitative estimate of drug-likeness (QED) is 0.852. The first-order valence-corrected chi connectivity index (χ1v) is 5.40. The normalized spacial score (nSPS) is 10.3. The van der Waals surface area contributed by atoms with E-state index in [1.165, 1.54) is 7.11 Å². The molecule has 94 valence electrons. The van der Waals surface area contributed by atoms with Gasteiger partial charge in [0.25, 0.3) is 0 Å². The molecule has 6 nitrogen and oxygen atoms in total. The van der Waals surface area contributed by atoms with Crippen molar-refractivity contribution in [3.05, 3.63) is 36.5 Å². The molecule has 0 aliphatic heterocycles. The van der Waals surface area contributed by atoms with Gasteiger partial charge in [0.1, 0.15) is 12.3 Å². The van der Waals surface area contributed by atoms with E-state index in [0.29, 0.717) is 17.1 Å². The minimum Gasteiger partial charge on any atom is -0.463 e. The number of methoxy groups -OCH3 is 1. The SMILES string of the molecule is COCC(=O)NCc1nccnc1-c1ccco1. The van der Waals surface area contributed by atoms with E-state index >= 15 is 0 Å². The minimum absolute atomic E-state index is 0.0242. The molecule has 1 amide bonds. The molecular formula is C12H13N3O3. The molecule has 0 fully saturated rings. The van der Waals surface area contributed by atoms with Gasteiger partial charge in [-0.2, -0.15) is 0 Å². The van der Waals surface area contributed by atoms with Crippen LogP contribution < -0.4 is 5.32 Å². The third-order valence-corrected chi connectivity index (χ3v) is 2.26. The van der Waals surface area contributed by atoms with Gasteiger partial charge in [-0.15, -0.1) is 0 Å². The molecule has 0 unspecified atom stereocenters. The molecule has 6 heteroatoms. The van der Waals surface area contributed by atoms with Gasteiger partial charge in [0, 0.05) is 19.5 Å². The molecule has 2 heterocycles. The molecule has 2 aromatic rings. The summed E-state index contributed by atoms with van der Waals surface area (Å²) in [5.74, 6) is 0.424. The molecule has 2 aromatic heterocycles. The summed E-state index contributed by atoms with van der Waals surface area (Å²) in [4.78, 5) is 19.7. The molecule has 0 aromatic carbocycles. The molecule has 0 atom stereocenters. The van der Waals surface area contributed by atoms with E-state index < -0.39 is 0 Å². The van der Waals surface area contributed by atoms with E-state index in [-0.39, 0.29) is 19.1 Å². The zero-order valence-corrected chi connectivity index (χ0v) is 9.92. The van der Waals surface area contributed by atoms with Crippen molar-refractivity contribution in [1.82, 2.24) is 15.3 Å². The highest BCUT2D eigenvalue weighted by molar-refractivity contribution is 5.77. The summed E-state index contributed by atoms with van der Waals surface area (Å²) < 4.78 is 10.0. The number of carbonyl (C=O) groups excluding carboxylic acids is 1. The van der Waals surface area contributed by atoms with Crippen LogP contribution >= 0.6 is 0 Å². The van der Waals surface area contributed by atoms with Gasteiger partial charge in [0.15, 0.2) is 5.76 Å². The summed E-state index contributed by atoms with van der Waals surface area (Å²) in [6.07, 6.45) is 4.72. The number of nitrogens with one attached hydrogen (secondary N) is 1. The average molecular weight is 247 g/mol. The second kappa shape index (κ2) is 5.92. The van der Waals surface area contributed by atoms with Gasteiger partial charge >= 0.3 is 0 Å². The highest BCUT2D eigenvalue weighted by Gasteiger charge is 2.11. The summed E-state index contributed by atoms with van der Waals surface area (Å²) in [6, 6.07) is 3.57. The molecule has 0 aliphatic carbocycles. The molecular weight excluding hydrogens is 234 g/mol. The van der Waals surface area contributed by atoms with Crippen LogP contribution in [0.3, 0.4) is 0 Å². The number of furan rings is 1. The number of carbonyl (C=O) groups is 1. The van der Waals surface area contributed by atoms with Crippen molar-refractivity contribution in [1.29, 1.82) is 0 Å². The highest BCUT2D eigenvalue weighted by atomic mass is 16.5. The molecule has 0 spiro atoms. The molecule has 18 heavy (non-hydrogen) atoms. The van der Waals surface area contributed by atoms with E-state index in [4.69, 9.17) is 9.15 Å². The fourth-order valence-electron chi connectivity index (χ4n) is 1.48. The number of hydrogen-bond donors (Lipinski definition) is 1. The third kappa shape index (κ3) is 2.92. The van der Waals surface area contributed by atoms with Crippen molar-refractivity contribution in [2.24, 2.45) is 0 Å². The van der Waals surface area contributed by atoms with Gasteiger partial charge < -0.3 is 14.5 Å². The Morgan fingerprint density at radius 3 is 3.00 bits per heavy atom. The maximum atomic E-state index is 11.3. The Labute approximate surface area is 104 Å². The fourth-order valence-corrected chi connectivity index (χ4v) is 1.48. The van der Waals surface area contributed by atoms with Gasteiger partial charge in [0.05, 0.1) is 18.5 Å². The summed E-state index contributed by atoms with van der Waals surface area (Å²) >= 11 is 0. The van der Waals surface area contributed by atoms with E-state index in [2.05, 4.69) is 15.3 Å². The molecule has 0 saturated carbocycles. The van der Waals surface area contributed by atoms with E-state index in [1.54, 1.807) is 30.8 Å². The van der Waals surface area contributed by atoms with Crippen LogP contribution in [0.5, 0.6) is 0 Å². The zero-order valence-electron chi connectivity index (χ0n) is 9.92. The van der Waals surface area contributed by atoms with Gasteiger partial charge in [-0.05, 0) is 12.1 Å². The maximum absolute atomic E-state index is 11.3. The first-order chi connectivity index (χ1) is 8.81. The Morgan fingerprint density at radius 2 is 2.28 bits per heavy atom.